The number of nitrogens with two attached hydrogens (primary N) is 1. The maximum atomic E-state index is 12.6. The highest BCUT2D eigenvalue weighted by molar-refractivity contribution is 6.31. The number of hydrogen-bond acceptors (Lipinski definition) is 5. The zero-order chi connectivity index (χ0) is 19.4. The summed E-state index contributed by atoms with van der Waals surface area (Å²) in [5.41, 5.74) is 7.01. The van der Waals surface area contributed by atoms with Crippen LogP contribution in [0.5, 0.6) is 0 Å². The van der Waals surface area contributed by atoms with Crippen molar-refractivity contribution in [3.05, 3.63) is 68.7 Å². The number of nitro groups is 1. The Bertz CT molecular complexity index is 863. The molecule has 0 bridgehead atoms. The average Bonchev–Trinajstić information content (AvgIpc) is 3.16. The third kappa shape index (κ3) is 4.92. The van der Waals surface area contributed by atoms with Crippen LogP contribution in [-0.2, 0) is 6.54 Å². The molecule has 1 unspecified atom stereocenters. The first-order valence-electron chi connectivity index (χ1n) is 8.74. The van der Waals surface area contributed by atoms with Gasteiger partial charge in [-0.2, -0.15) is 0 Å². The number of halogens is 2. The molecule has 0 aliphatic carbocycles. The van der Waals surface area contributed by atoms with Gasteiger partial charge in [0.2, 0.25) is 0 Å². The molecule has 3 N–H and O–H groups in total. The summed E-state index contributed by atoms with van der Waals surface area (Å²) in [6.45, 7) is 2.10. The first kappa shape index (κ1) is 21.9. The summed E-state index contributed by atoms with van der Waals surface area (Å²) < 4.78 is 0. The summed E-state index contributed by atoms with van der Waals surface area (Å²) in [5, 5.41) is 15.1. The molecular weight excluding hydrogens is 403 g/mol. The normalized spacial score (nSPS) is 15.8. The van der Waals surface area contributed by atoms with E-state index >= 15 is 0 Å². The van der Waals surface area contributed by atoms with Gasteiger partial charge in [0, 0.05) is 36.3 Å². The van der Waals surface area contributed by atoms with Crippen molar-refractivity contribution in [3.63, 3.8) is 0 Å². The maximum Gasteiger partial charge on any atom is 0.293 e. The number of nitrogens with one attached hydrogen (secondary N) is 1. The molecule has 1 aliphatic heterocycles. The van der Waals surface area contributed by atoms with Crippen LogP contribution in [-0.4, -0.2) is 35.4 Å². The largest absolute Gasteiger partial charge is 0.375 e. The predicted molar refractivity (Wildman–Crippen MR) is 112 cm³/mol. The van der Waals surface area contributed by atoms with E-state index < -0.39 is 4.92 Å². The van der Waals surface area contributed by atoms with Crippen LogP contribution in [0.15, 0.2) is 42.5 Å². The van der Waals surface area contributed by atoms with E-state index in [4.69, 9.17) is 17.3 Å². The number of carbonyl (C=O) groups is 1. The van der Waals surface area contributed by atoms with E-state index in [1.54, 1.807) is 23.1 Å². The lowest BCUT2D eigenvalue weighted by Gasteiger charge is -2.17. The molecule has 0 saturated carbocycles. The molecule has 28 heavy (non-hydrogen) atoms. The number of amides is 1. The number of benzene rings is 2. The Morgan fingerprint density at radius 1 is 1.32 bits per heavy atom. The van der Waals surface area contributed by atoms with Crippen molar-refractivity contribution >= 4 is 41.3 Å². The first-order valence-corrected chi connectivity index (χ1v) is 9.12. The van der Waals surface area contributed by atoms with Gasteiger partial charge >= 0.3 is 0 Å². The molecule has 1 aliphatic rings. The highest BCUT2D eigenvalue weighted by Crippen LogP contribution is 2.28. The molecule has 1 heterocycles. The van der Waals surface area contributed by atoms with Gasteiger partial charge in [-0.3, -0.25) is 14.9 Å². The molecule has 2 aromatic rings. The number of nitrogens with zero attached hydrogens (tertiary/aromatic N) is 2. The quantitative estimate of drug-likeness (QED) is 0.543. The molecule has 2 aromatic carbocycles. The Kier molecular flexibility index (Phi) is 7.62. The molecule has 9 heteroatoms. The monoisotopic (exact) mass is 424 g/mol. The minimum Gasteiger partial charge on any atom is -0.375 e. The van der Waals surface area contributed by atoms with Crippen molar-refractivity contribution < 1.29 is 9.72 Å². The molecule has 7 nitrogen and oxygen atoms in total. The van der Waals surface area contributed by atoms with Crippen molar-refractivity contribution in [1.29, 1.82) is 0 Å². The predicted octanol–water partition coefficient (Wildman–Crippen LogP) is 3.70. The Balaban J connectivity index is 0.00000280. The molecule has 1 saturated heterocycles. The van der Waals surface area contributed by atoms with Crippen LogP contribution in [0.25, 0.3) is 0 Å². The van der Waals surface area contributed by atoms with E-state index in [0.717, 1.165) is 12.0 Å². The van der Waals surface area contributed by atoms with Crippen LogP contribution in [0.3, 0.4) is 0 Å². The number of nitro benzene ring substituents is 1. The third-order valence-corrected chi connectivity index (χ3v) is 5.14. The lowest BCUT2D eigenvalue weighted by atomic mass is 10.1. The molecule has 1 amide bonds. The maximum absolute atomic E-state index is 12.6. The van der Waals surface area contributed by atoms with Gasteiger partial charge in [-0.05, 0) is 42.6 Å². The summed E-state index contributed by atoms with van der Waals surface area (Å²) in [5.74, 6) is 0.0900. The van der Waals surface area contributed by atoms with Gasteiger partial charge in [-0.25, -0.2) is 0 Å². The molecule has 1 fully saturated rings. The van der Waals surface area contributed by atoms with E-state index in [9.17, 15) is 14.9 Å². The minimum absolute atomic E-state index is 0. The highest BCUT2D eigenvalue weighted by Gasteiger charge is 2.27. The zero-order valence-corrected chi connectivity index (χ0v) is 16.7. The van der Waals surface area contributed by atoms with Gasteiger partial charge in [-0.1, -0.05) is 29.8 Å². The Hall–Kier alpha value is -2.35. The molecule has 0 radical (unpaired) electrons. The van der Waals surface area contributed by atoms with Crippen LogP contribution < -0.4 is 11.1 Å². The lowest BCUT2D eigenvalue weighted by molar-refractivity contribution is -0.384. The fraction of sp³-hybridized carbons (Fsp3) is 0.316. The van der Waals surface area contributed by atoms with Crippen LogP contribution in [0, 0.1) is 16.0 Å². The molecular formula is C19H22Cl2N4O3. The van der Waals surface area contributed by atoms with E-state index in [1.807, 2.05) is 18.2 Å². The third-order valence-electron chi connectivity index (χ3n) is 4.77. The van der Waals surface area contributed by atoms with Gasteiger partial charge < -0.3 is 16.0 Å². The van der Waals surface area contributed by atoms with Gasteiger partial charge in [0.25, 0.3) is 11.6 Å². The number of hydrogen-bond donors (Lipinski definition) is 2. The summed E-state index contributed by atoms with van der Waals surface area (Å²) in [7, 11) is 0. The topological polar surface area (TPSA) is 102 Å². The van der Waals surface area contributed by atoms with Crippen molar-refractivity contribution in [2.24, 2.45) is 11.7 Å². The number of carbonyl (C=O) groups excluding carboxylic acids is 1. The van der Waals surface area contributed by atoms with Crippen LogP contribution in [0.4, 0.5) is 11.4 Å². The second-order valence-electron chi connectivity index (χ2n) is 6.58. The summed E-state index contributed by atoms with van der Waals surface area (Å²) in [4.78, 5) is 25.3. The van der Waals surface area contributed by atoms with Crippen LogP contribution in [0.2, 0.25) is 5.02 Å². The number of anilines is 1. The molecule has 1 atom stereocenters. The van der Waals surface area contributed by atoms with Crippen molar-refractivity contribution in [1.82, 2.24) is 4.90 Å². The van der Waals surface area contributed by atoms with E-state index in [2.05, 4.69) is 5.32 Å². The Labute approximate surface area is 174 Å². The lowest BCUT2D eigenvalue weighted by Crippen LogP contribution is -2.29. The SMILES string of the molecule is Cl.NCC1CCN(C(=O)c2ccc(NCc3ccccc3Cl)c([N+](=O)[O-])c2)C1. The van der Waals surface area contributed by atoms with Crippen LogP contribution >= 0.6 is 24.0 Å². The average molecular weight is 425 g/mol. The zero-order valence-electron chi connectivity index (χ0n) is 15.1. The van der Waals surface area contributed by atoms with Crippen molar-refractivity contribution in [3.8, 4) is 0 Å². The Morgan fingerprint density at radius 2 is 2.07 bits per heavy atom. The van der Waals surface area contributed by atoms with Crippen molar-refractivity contribution in [2.45, 2.75) is 13.0 Å². The van der Waals surface area contributed by atoms with Crippen molar-refractivity contribution in [2.75, 3.05) is 25.0 Å². The number of likely N-dealkylation sites (tertiary alicyclic amines) is 1. The minimum atomic E-state index is -0.488. The van der Waals surface area contributed by atoms with E-state index in [-0.39, 0.29) is 24.0 Å². The summed E-state index contributed by atoms with van der Waals surface area (Å²) in [6, 6.07) is 11.8. The standard InChI is InChI=1S/C19H21ClN4O3.ClH/c20-16-4-2-1-3-15(16)11-22-17-6-5-14(9-18(17)24(26)27)19(25)23-8-7-13(10-21)12-23;/h1-6,9,13,22H,7-8,10-12,21H2;1H. The molecule has 3 rings (SSSR count). The highest BCUT2D eigenvalue weighted by atomic mass is 35.5. The second-order valence-corrected chi connectivity index (χ2v) is 6.98. The second kappa shape index (κ2) is 9.73. The fourth-order valence-corrected chi connectivity index (χ4v) is 3.39. The van der Waals surface area contributed by atoms with Gasteiger partial charge in [0.15, 0.2) is 0 Å². The first-order chi connectivity index (χ1) is 13.0. The van der Waals surface area contributed by atoms with E-state index in [0.29, 0.717) is 48.4 Å². The molecule has 150 valence electrons. The molecule has 0 aromatic heterocycles. The van der Waals surface area contributed by atoms with Gasteiger partial charge in [0.1, 0.15) is 5.69 Å². The van der Waals surface area contributed by atoms with Gasteiger partial charge in [-0.15, -0.1) is 12.4 Å². The van der Waals surface area contributed by atoms with E-state index in [1.165, 1.54) is 6.07 Å². The van der Waals surface area contributed by atoms with Gasteiger partial charge in [0.05, 0.1) is 4.92 Å². The summed E-state index contributed by atoms with van der Waals surface area (Å²) >= 11 is 6.12. The smallest absolute Gasteiger partial charge is 0.293 e. The summed E-state index contributed by atoms with van der Waals surface area (Å²) in [6.07, 6.45) is 0.863. The fourth-order valence-electron chi connectivity index (χ4n) is 3.19. The van der Waals surface area contributed by atoms with Crippen LogP contribution in [0.1, 0.15) is 22.3 Å². The number of rotatable bonds is 6. The Morgan fingerprint density at radius 3 is 2.71 bits per heavy atom. The molecule has 0 spiro atoms.